The molecule has 100 valence electrons. The third-order valence-electron chi connectivity index (χ3n) is 2.80. The van der Waals surface area contributed by atoms with Gasteiger partial charge in [-0.05, 0) is 18.6 Å². The van der Waals surface area contributed by atoms with E-state index in [1.165, 1.54) is 0 Å². The van der Waals surface area contributed by atoms with E-state index in [0.29, 0.717) is 23.5 Å². The Hall–Kier alpha value is -1.75. The number of anilines is 2. The summed E-state index contributed by atoms with van der Waals surface area (Å²) in [4.78, 5) is 13.3. The van der Waals surface area contributed by atoms with Gasteiger partial charge in [-0.1, -0.05) is 19.4 Å². The van der Waals surface area contributed by atoms with Crippen molar-refractivity contribution in [3.63, 3.8) is 0 Å². The van der Waals surface area contributed by atoms with Gasteiger partial charge in [0, 0.05) is 13.1 Å². The molecule has 0 saturated heterocycles. The molecular weight excluding hydrogens is 230 g/mol. The number of rotatable bonds is 7. The zero-order valence-corrected chi connectivity index (χ0v) is 10.7. The molecule has 18 heavy (non-hydrogen) atoms. The fraction of sp³-hybridized carbons (Fsp3) is 0.462. The monoisotopic (exact) mass is 251 g/mol. The standard InChI is InChI=1S/C13H21N3O2/c1-2-3-7-16(8-9-17)12-10(13(15)18)5-4-6-11(12)14/h4-6,17H,2-3,7-9,14H2,1H3,(H2,15,18). The van der Waals surface area contributed by atoms with E-state index >= 15 is 0 Å². The molecule has 5 N–H and O–H groups in total. The number of aliphatic hydroxyl groups is 1. The molecule has 1 aromatic rings. The van der Waals surface area contributed by atoms with Crippen LogP contribution >= 0.6 is 0 Å². The molecule has 1 rings (SSSR count). The largest absolute Gasteiger partial charge is 0.397 e. The minimum atomic E-state index is -0.503. The average Bonchev–Trinajstić information content (AvgIpc) is 2.34. The molecule has 5 heteroatoms. The summed E-state index contributed by atoms with van der Waals surface area (Å²) in [7, 11) is 0. The lowest BCUT2D eigenvalue weighted by atomic mass is 10.1. The fourth-order valence-electron chi connectivity index (χ4n) is 1.92. The van der Waals surface area contributed by atoms with Crippen LogP contribution in [0, 0.1) is 0 Å². The number of benzene rings is 1. The molecule has 1 amide bonds. The second-order valence-electron chi connectivity index (χ2n) is 4.17. The van der Waals surface area contributed by atoms with E-state index in [9.17, 15) is 4.79 Å². The predicted molar refractivity (Wildman–Crippen MR) is 73.6 cm³/mol. The summed E-state index contributed by atoms with van der Waals surface area (Å²) in [6, 6.07) is 5.10. The number of hydrogen-bond acceptors (Lipinski definition) is 4. The Morgan fingerprint density at radius 3 is 2.67 bits per heavy atom. The van der Waals surface area contributed by atoms with Crippen LogP contribution in [0.15, 0.2) is 18.2 Å². The van der Waals surface area contributed by atoms with E-state index in [1.54, 1.807) is 18.2 Å². The summed E-state index contributed by atoms with van der Waals surface area (Å²) in [6.45, 7) is 3.27. The van der Waals surface area contributed by atoms with Crippen LogP contribution in [-0.2, 0) is 0 Å². The molecule has 1 aromatic carbocycles. The Morgan fingerprint density at radius 2 is 2.11 bits per heavy atom. The minimum Gasteiger partial charge on any atom is -0.397 e. The van der Waals surface area contributed by atoms with Crippen LogP contribution < -0.4 is 16.4 Å². The normalized spacial score (nSPS) is 10.3. The van der Waals surface area contributed by atoms with Crippen molar-refractivity contribution in [3.8, 4) is 0 Å². The quantitative estimate of drug-likeness (QED) is 0.629. The number of carbonyl (C=O) groups is 1. The molecule has 0 bridgehead atoms. The van der Waals surface area contributed by atoms with Crippen LogP contribution in [0.25, 0.3) is 0 Å². The summed E-state index contributed by atoms with van der Waals surface area (Å²) < 4.78 is 0. The van der Waals surface area contributed by atoms with Gasteiger partial charge in [0.05, 0.1) is 23.5 Å². The first kappa shape index (κ1) is 14.3. The summed E-state index contributed by atoms with van der Waals surface area (Å²) in [5, 5.41) is 9.12. The van der Waals surface area contributed by atoms with E-state index in [0.717, 1.165) is 19.4 Å². The van der Waals surface area contributed by atoms with Gasteiger partial charge in [-0.3, -0.25) is 4.79 Å². The van der Waals surface area contributed by atoms with Gasteiger partial charge in [0.15, 0.2) is 0 Å². The highest BCUT2D eigenvalue weighted by Crippen LogP contribution is 2.27. The first-order chi connectivity index (χ1) is 8.61. The highest BCUT2D eigenvalue weighted by molar-refractivity contribution is 6.01. The Labute approximate surface area is 107 Å². The number of nitrogens with zero attached hydrogens (tertiary/aromatic N) is 1. The van der Waals surface area contributed by atoms with Gasteiger partial charge < -0.3 is 21.5 Å². The Bertz CT molecular complexity index is 407. The summed E-state index contributed by atoms with van der Waals surface area (Å²) in [5.41, 5.74) is 12.8. The number of hydrogen-bond donors (Lipinski definition) is 3. The van der Waals surface area contributed by atoms with Crippen molar-refractivity contribution >= 4 is 17.3 Å². The molecule has 0 heterocycles. The second-order valence-corrected chi connectivity index (χ2v) is 4.17. The summed E-state index contributed by atoms with van der Waals surface area (Å²) in [6.07, 6.45) is 1.99. The molecule has 0 aliphatic heterocycles. The lowest BCUT2D eigenvalue weighted by Crippen LogP contribution is -2.31. The third-order valence-corrected chi connectivity index (χ3v) is 2.80. The van der Waals surface area contributed by atoms with Crippen molar-refractivity contribution < 1.29 is 9.90 Å². The molecular formula is C13H21N3O2. The lowest BCUT2D eigenvalue weighted by Gasteiger charge is -2.27. The van der Waals surface area contributed by atoms with Gasteiger partial charge in [-0.2, -0.15) is 0 Å². The van der Waals surface area contributed by atoms with Crippen molar-refractivity contribution in [1.29, 1.82) is 0 Å². The topological polar surface area (TPSA) is 92.6 Å². The maximum atomic E-state index is 11.4. The van der Waals surface area contributed by atoms with Gasteiger partial charge >= 0.3 is 0 Å². The van der Waals surface area contributed by atoms with Crippen molar-refractivity contribution in [2.24, 2.45) is 5.73 Å². The number of nitrogens with two attached hydrogens (primary N) is 2. The van der Waals surface area contributed by atoms with Crippen LogP contribution in [-0.4, -0.2) is 30.7 Å². The van der Waals surface area contributed by atoms with E-state index in [1.807, 2.05) is 4.90 Å². The van der Waals surface area contributed by atoms with Crippen LogP contribution in [0.4, 0.5) is 11.4 Å². The van der Waals surface area contributed by atoms with Gasteiger partial charge in [0.1, 0.15) is 0 Å². The molecule has 0 aliphatic rings. The van der Waals surface area contributed by atoms with Crippen molar-refractivity contribution in [1.82, 2.24) is 0 Å². The molecule has 0 atom stereocenters. The highest BCUT2D eigenvalue weighted by Gasteiger charge is 2.16. The zero-order chi connectivity index (χ0) is 13.5. The van der Waals surface area contributed by atoms with E-state index in [-0.39, 0.29) is 6.61 Å². The number of aliphatic hydroxyl groups excluding tert-OH is 1. The van der Waals surface area contributed by atoms with Gasteiger partial charge in [0.25, 0.3) is 5.91 Å². The molecule has 0 unspecified atom stereocenters. The first-order valence-electron chi connectivity index (χ1n) is 6.15. The van der Waals surface area contributed by atoms with E-state index in [4.69, 9.17) is 16.6 Å². The Morgan fingerprint density at radius 1 is 1.39 bits per heavy atom. The SMILES string of the molecule is CCCCN(CCO)c1c(N)cccc1C(N)=O. The van der Waals surface area contributed by atoms with Crippen LogP contribution in [0.3, 0.4) is 0 Å². The van der Waals surface area contributed by atoms with Crippen LogP contribution in [0.1, 0.15) is 30.1 Å². The Balaban J connectivity index is 3.12. The fourth-order valence-corrected chi connectivity index (χ4v) is 1.92. The maximum absolute atomic E-state index is 11.4. The summed E-state index contributed by atoms with van der Waals surface area (Å²) in [5.74, 6) is -0.503. The summed E-state index contributed by atoms with van der Waals surface area (Å²) >= 11 is 0. The molecule has 0 radical (unpaired) electrons. The van der Waals surface area contributed by atoms with Crippen LogP contribution in [0.2, 0.25) is 0 Å². The number of unbranched alkanes of at least 4 members (excludes halogenated alkanes) is 1. The molecule has 0 saturated carbocycles. The maximum Gasteiger partial charge on any atom is 0.250 e. The number of nitrogen functional groups attached to an aromatic ring is 1. The molecule has 0 fully saturated rings. The second kappa shape index (κ2) is 6.86. The number of carbonyl (C=O) groups excluding carboxylic acids is 1. The predicted octanol–water partition coefficient (Wildman–Crippen LogP) is 0.967. The average molecular weight is 251 g/mol. The van der Waals surface area contributed by atoms with E-state index < -0.39 is 5.91 Å². The first-order valence-corrected chi connectivity index (χ1v) is 6.15. The molecule has 0 aromatic heterocycles. The third kappa shape index (κ3) is 3.37. The number of para-hydroxylation sites is 1. The smallest absolute Gasteiger partial charge is 0.250 e. The van der Waals surface area contributed by atoms with Crippen molar-refractivity contribution in [2.45, 2.75) is 19.8 Å². The van der Waals surface area contributed by atoms with Gasteiger partial charge in [0.2, 0.25) is 0 Å². The number of primary amides is 1. The van der Waals surface area contributed by atoms with Gasteiger partial charge in [-0.25, -0.2) is 0 Å². The van der Waals surface area contributed by atoms with E-state index in [2.05, 4.69) is 6.92 Å². The highest BCUT2D eigenvalue weighted by atomic mass is 16.3. The van der Waals surface area contributed by atoms with Crippen molar-refractivity contribution in [2.75, 3.05) is 30.3 Å². The molecule has 5 nitrogen and oxygen atoms in total. The zero-order valence-electron chi connectivity index (χ0n) is 10.7. The van der Waals surface area contributed by atoms with Crippen molar-refractivity contribution in [3.05, 3.63) is 23.8 Å². The minimum absolute atomic E-state index is 0.0102. The molecule has 0 aliphatic carbocycles. The molecule has 0 spiro atoms. The van der Waals surface area contributed by atoms with Crippen LogP contribution in [0.5, 0.6) is 0 Å². The Kier molecular flexibility index (Phi) is 5.45. The van der Waals surface area contributed by atoms with Gasteiger partial charge in [-0.15, -0.1) is 0 Å². The lowest BCUT2D eigenvalue weighted by molar-refractivity contribution is 0.100. The number of amides is 1.